The Morgan fingerprint density at radius 1 is 1.62 bits per heavy atom. The summed E-state index contributed by atoms with van der Waals surface area (Å²) in [6, 6.07) is -0.236. The number of aliphatic carboxylic acids is 1. The van der Waals surface area contributed by atoms with Gasteiger partial charge in [0.2, 0.25) is 0 Å². The molecule has 0 radical (unpaired) electrons. The molecule has 16 heavy (non-hydrogen) atoms. The van der Waals surface area contributed by atoms with Crippen molar-refractivity contribution in [1.29, 1.82) is 0 Å². The minimum absolute atomic E-state index is 0.236. The van der Waals surface area contributed by atoms with Crippen molar-refractivity contribution in [2.45, 2.75) is 19.8 Å². The van der Waals surface area contributed by atoms with Gasteiger partial charge in [0.25, 0.3) is 0 Å². The van der Waals surface area contributed by atoms with Crippen LogP contribution in [-0.4, -0.2) is 41.6 Å². The highest BCUT2D eigenvalue weighted by atomic mass is 16.4. The minimum Gasteiger partial charge on any atom is -0.481 e. The molecule has 1 atom stereocenters. The molecule has 0 aromatic heterocycles. The Labute approximate surface area is 94.8 Å². The van der Waals surface area contributed by atoms with Crippen LogP contribution in [0.1, 0.15) is 19.8 Å². The molecule has 1 unspecified atom stereocenters. The van der Waals surface area contributed by atoms with E-state index in [-0.39, 0.29) is 12.6 Å². The van der Waals surface area contributed by atoms with Crippen molar-refractivity contribution in [3.63, 3.8) is 0 Å². The van der Waals surface area contributed by atoms with Gasteiger partial charge in [-0.2, -0.15) is 0 Å². The Kier molecular flexibility index (Phi) is 3.78. The summed E-state index contributed by atoms with van der Waals surface area (Å²) in [5.74, 6) is 1.57. The number of likely N-dealkylation sites (tertiary alicyclic amines) is 1. The molecule has 1 aliphatic rings. The fourth-order valence-corrected chi connectivity index (χ4v) is 1.66. The van der Waals surface area contributed by atoms with Crippen LogP contribution in [0.2, 0.25) is 0 Å². The number of hydrogen-bond donors (Lipinski definition) is 2. The van der Waals surface area contributed by atoms with E-state index in [0.717, 1.165) is 0 Å². The van der Waals surface area contributed by atoms with E-state index in [9.17, 15) is 9.59 Å². The average molecular weight is 224 g/mol. The lowest BCUT2D eigenvalue weighted by atomic mass is 9.90. The molecule has 88 valence electrons. The average Bonchev–Trinajstić information content (AvgIpc) is 2.63. The fourth-order valence-electron chi connectivity index (χ4n) is 1.66. The molecule has 5 nitrogen and oxygen atoms in total. The molecule has 0 bridgehead atoms. The summed E-state index contributed by atoms with van der Waals surface area (Å²) in [6.45, 7) is 2.81. The van der Waals surface area contributed by atoms with Gasteiger partial charge in [-0.15, -0.1) is 12.3 Å². The molecule has 5 heteroatoms. The van der Waals surface area contributed by atoms with E-state index >= 15 is 0 Å². The first-order valence-electron chi connectivity index (χ1n) is 5.19. The van der Waals surface area contributed by atoms with Crippen molar-refractivity contribution >= 4 is 12.0 Å². The number of carbonyl (C=O) groups is 2. The number of carboxylic acid groups (broad SMARTS) is 1. The predicted octanol–water partition coefficient (Wildman–Crippen LogP) is 0.516. The lowest BCUT2D eigenvalue weighted by Crippen LogP contribution is -2.41. The Morgan fingerprint density at radius 2 is 2.31 bits per heavy atom. The maximum Gasteiger partial charge on any atom is 0.317 e. The Hall–Kier alpha value is -1.70. The maximum atomic E-state index is 11.6. The second-order valence-corrected chi connectivity index (χ2v) is 4.22. The fraction of sp³-hybridized carbons (Fsp3) is 0.636. The molecule has 1 saturated heterocycles. The van der Waals surface area contributed by atoms with E-state index in [1.54, 1.807) is 6.92 Å². The molecule has 2 N–H and O–H groups in total. The predicted molar refractivity (Wildman–Crippen MR) is 58.8 cm³/mol. The number of carboxylic acids is 1. The third-order valence-electron chi connectivity index (χ3n) is 2.82. The van der Waals surface area contributed by atoms with Gasteiger partial charge in [0.15, 0.2) is 0 Å². The van der Waals surface area contributed by atoms with Crippen LogP contribution in [0.25, 0.3) is 0 Å². The molecule has 0 spiro atoms. The van der Waals surface area contributed by atoms with Gasteiger partial charge in [-0.3, -0.25) is 4.79 Å². The smallest absolute Gasteiger partial charge is 0.317 e. The van der Waals surface area contributed by atoms with Crippen LogP contribution in [0, 0.1) is 17.8 Å². The van der Waals surface area contributed by atoms with E-state index in [4.69, 9.17) is 11.5 Å². The van der Waals surface area contributed by atoms with Crippen LogP contribution in [0.4, 0.5) is 4.79 Å². The zero-order valence-electron chi connectivity index (χ0n) is 9.32. The van der Waals surface area contributed by atoms with Gasteiger partial charge in [0.1, 0.15) is 0 Å². The quantitative estimate of drug-likeness (QED) is 0.542. The number of nitrogens with zero attached hydrogens (tertiary/aromatic N) is 1. The van der Waals surface area contributed by atoms with E-state index in [0.29, 0.717) is 25.9 Å². The van der Waals surface area contributed by atoms with Crippen LogP contribution >= 0.6 is 0 Å². The minimum atomic E-state index is -0.855. The summed E-state index contributed by atoms with van der Waals surface area (Å²) in [5.41, 5.74) is -0.816. The molecule has 0 aromatic carbocycles. The Bertz CT molecular complexity index is 335. The number of amides is 2. The van der Waals surface area contributed by atoms with E-state index in [1.165, 1.54) is 4.90 Å². The summed E-state index contributed by atoms with van der Waals surface area (Å²) in [6.07, 6.45) is 6.03. The normalized spacial score (nSPS) is 23.9. The Balaban J connectivity index is 2.44. The van der Waals surface area contributed by atoms with Gasteiger partial charge in [0.05, 0.1) is 5.41 Å². The summed E-state index contributed by atoms with van der Waals surface area (Å²) in [4.78, 5) is 24.1. The summed E-state index contributed by atoms with van der Waals surface area (Å²) >= 11 is 0. The van der Waals surface area contributed by atoms with Crippen molar-refractivity contribution < 1.29 is 14.7 Å². The highest BCUT2D eigenvalue weighted by molar-refractivity contribution is 5.79. The second kappa shape index (κ2) is 4.88. The Morgan fingerprint density at radius 3 is 2.81 bits per heavy atom. The topological polar surface area (TPSA) is 69.6 Å². The number of nitrogens with one attached hydrogen (secondary N) is 1. The number of carbonyl (C=O) groups excluding carboxylic acids is 1. The number of urea groups is 1. The van der Waals surface area contributed by atoms with Crippen molar-refractivity contribution in [2.24, 2.45) is 5.41 Å². The molecular formula is C11H16N2O3. The molecule has 1 aliphatic heterocycles. The van der Waals surface area contributed by atoms with Crippen LogP contribution in [0.3, 0.4) is 0 Å². The first kappa shape index (κ1) is 12.4. The maximum absolute atomic E-state index is 11.6. The van der Waals surface area contributed by atoms with E-state index in [2.05, 4.69) is 11.2 Å². The largest absolute Gasteiger partial charge is 0.481 e. The second-order valence-electron chi connectivity index (χ2n) is 4.22. The highest BCUT2D eigenvalue weighted by Crippen LogP contribution is 2.29. The van der Waals surface area contributed by atoms with Crippen molar-refractivity contribution in [3.05, 3.63) is 0 Å². The number of rotatable bonds is 3. The van der Waals surface area contributed by atoms with Gasteiger partial charge in [-0.05, 0) is 13.3 Å². The molecule has 1 fully saturated rings. The number of terminal acetylenes is 1. The highest BCUT2D eigenvalue weighted by Gasteiger charge is 2.41. The zero-order chi connectivity index (χ0) is 12.2. The van der Waals surface area contributed by atoms with Gasteiger partial charge in [-0.25, -0.2) is 4.79 Å². The first-order chi connectivity index (χ1) is 7.49. The van der Waals surface area contributed by atoms with Crippen LogP contribution < -0.4 is 5.32 Å². The molecule has 2 amide bonds. The molecule has 0 saturated carbocycles. The summed E-state index contributed by atoms with van der Waals surface area (Å²) in [5, 5.41) is 11.7. The molecule has 0 aliphatic carbocycles. The van der Waals surface area contributed by atoms with Crippen molar-refractivity contribution in [2.75, 3.05) is 19.6 Å². The molecule has 1 heterocycles. The van der Waals surface area contributed by atoms with Crippen molar-refractivity contribution in [1.82, 2.24) is 10.2 Å². The standard InChI is InChI=1S/C11H16N2O3/c1-3-4-6-12-10(16)13-7-5-11(2,8-13)9(14)15/h1H,4-8H2,2H3,(H,12,16)(H,14,15). The van der Waals surface area contributed by atoms with Gasteiger partial charge in [-0.1, -0.05) is 0 Å². The van der Waals surface area contributed by atoms with Crippen LogP contribution in [0.15, 0.2) is 0 Å². The first-order valence-corrected chi connectivity index (χ1v) is 5.19. The lowest BCUT2D eigenvalue weighted by Gasteiger charge is -2.20. The van der Waals surface area contributed by atoms with Crippen molar-refractivity contribution in [3.8, 4) is 12.3 Å². The van der Waals surface area contributed by atoms with Gasteiger partial charge in [0, 0.05) is 26.1 Å². The molecule has 1 rings (SSSR count). The van der Waals surface area contributed by atoms with E-state index < -0.39 is 11.4 Å². The lowest BCUT2D eigenvalue weighted by molar-refractivity contribution is -0.146. The SMILES string of the molecule is C#CCCNC(=O)N1CCC(C)(C(=O)O)C1. The molecule has 0 aromatic rings. The monoisotopic (exact) mass is 224 g/mol. The third-order valence-corrected chi connectivity index (χ3v) is 2.82. The van der Waals surface area contributed by atoms with E-state index in [1.807, 2.05) is 0 Å². The van der Waals surface area contributed by atoms with Gasteiger partial charge >= 0.3 is 12.0 Å². The number of hydrogen-bond acceptors (Lipinski definition) is 2. The van der Waals surface area contributed by atoms with Gasteiger partial charge < -0.3 is 15.3 Å². The zero-order valence-corrected chi connectivity index (χ0v) is 9.32. The van der Waals surface area contributed by atoms with Crippen LogP contribution in [0.5, 0.6) is 0 Å². The summed E-state index contributed by atoms with van der Waals surface area (Å²) in [7, 11) is 0. The summed E-state index contributed by atoms with van der Waals surface area (Å²) < 4.78 is 0. The third kappa shape index (κ3) is 2.66. The molecular weight excluding hydrogens is 208 g/mol. The van der Waals surface area contributed by atoms with Crippen LogP contribution in [-0.2, 0) is 4.79 Å².